The Bertz CT molecular complexity index is 519. The summed E-state index contributed by atoms with van der Waals surface area (Å²) in [5.41, 5.74) is -1.16. The standard InChI is InChI=1S/C9H9BrF5N3O2/c10-6-4(16-2-5(19)7(11)12)1-17-18(8(6)20)3-9(13,14)15/h1,5,7,16,19H,2-3H2. The van der Waals surface area contributed by atoms with Crippen molar-refractivity contribution in [3.8, 4) is 0 Å². The number of halogens is 6. The van der Waals surface area contributed by atoms with E-state index in [-0.39, 0.29) is 14.8 Å². The van der Waals surface area contributed by atoms with E-state index >= 15 is 0 Å². The molecule has 1 atom stereocenters. The van der Waals surface area contributed by atoms with E-state index in [2.05, 4.69) is 26.3 Å². The fourth-order valence-corrected chi connectivity index (χ4v) is 1.62. The number of aromatic nitrogens is 2. The molecule has 1 aromatic heterocycles. The van der Waals surface area contributed by atoms with Crippen LogP contribution in [0.4, 0.5) is 27.6 Å². The largest absolute Gasteiger partial charge is 0.408 e. The van der Waals surface area contributed by atoms with Gasteiger partial charge >= 0.3 is 6.18 Å². The van der Waals surface area contributed by atoms with Crippen LogP contribution in [0.3, 0.4) is 0 Å². The summed E-state index contributed by atoms with van der Waals surface area (Å²) in [5.74, 6) is 0. The van der Waals surface area contributed by atoms with E-state index in [0.717, 1.165) is 6.20 Å². The van der Waals surface area contributed by atoms with E-state index in [9.17, 15) is 26.7 Å². The molecule has 0 aliphatic carbocycles. The Labute approximate surface area is 117 Å². The molecule has 114 valence electrons. The highest BCUT2D eigenvalue weighted by atomic mass is 79.9. The Morgan fingerprint density at radius 3 is 2.55 bits per heavy atom. The minimum atomic E-state index is -4.61. The average Bonchev–Trinajstić information content (AvgIpc) is 2.32. The molecular weight excluding hydrogens is 357 g/mol. The van der Waals surface area contributed by atoms with Gasteiger partial charge in [-0.15, -0.1) is 0 Å². The predicted octanol–water partition coefficient (Wildman–Crippen LogP) is 1.61. The second-order valence-electron chi connectivity index (χ2n) is 3.73. The Morgan fingerprint density at radius 1 is 1.45 bits per heavy atom. The van der Waals surface area contributed by atoms with Crippen LogP contribution in [0, 0.1) is 0 Å². The number of anilines is 1. The molecule has 20 heavy (non-hydrogen) atoms. The van der Waals surface area contributed by atoms with Crippen molar-refractivity contribution in [1.29, 1.82) is 0 Å². The zero-order valence-electron chi connectivity index (χ0n) is 9.66. The quantitative estimate of drug-likeness (QED) is 0.778. The molecule has 1 aromatic rings. The van der Waals surface area contributed by atoms with Gasteiger partial charge in [-0.3, -0.25) is 4.79 Å². The van der Waals surface area contributed by atoms with Crippen molar-refractivity contribution in [3.63, 3.8) is 0 Å². The summed E-state index contributed by atoms with van der Waals surface area (Å²) in [6.07, 6.45) is -8.70. The van der Waals surface area contributed by atoms with Gasteiger partial charge in [-0.25, -0.2) is 13.5 Å². The maximum absolute atomic E-state index is 12.1. The average molecular weight is 366 g/mol. The van der Waals surface area contributed by atoms with Crippen LogP contribution in [-0.4, -0.2) is 40.1 Å². The number of aliphatic hydroxyl groups excluding tert-OH is 1. The van der Waals surface area contributed by atoms with Crippen molar-refractivity contribution >= 4 is 21.6 Å². The summed E-state index contributed by atoms with van der Waals surface area (Å²) in [5, 5.41) is 14.4. The number of nitrogens with one attached hydrogen (secondary N) is 1. The lowest BCUT2D eigenvalue weighted by molar-refractivity contribution is -0.143. The third-order valence-electron chi connectivity index (χ3n) is 2.11. The van der Waals surface area contributed by atoms with Crippen LogP contribution < -0.4 is 10.9 Å². The molecule has 0 bridgehead atoms. The summed E-state index contributed by atoms with van der Waals surface area (Å²) in [7, 11) is 0. The number of rotatable bonds is 5. The van der Waals surface area contributed by atoms with Crippen LogP contribution in [0.15, 0.2) is 15.5 Å². The number of hydrogen-bond donors (Lipinski definition) is 2. The van der Waals surface area contributed by atoms with Gasteiger partial charge in [-0.2, -0.15) is 18.3 Å². The fraction of sp³-hybridized carbons (Fsp3) is 0.556. The Balaban J connectivity index is 2.87. The maximum Gasteiger partial charge on any atom is 0.408 e. The molecule has 0 spiro atoms. The molecule has 0 saturated heterocycles. The molecule has 2 N–H and O–H groups in total. The summed E-state index contributed by atoms with van der Waals surface area (Å²) < 4.78 is 60.4. The highest BCUT2D eigenvalue weighted by Gasteiger charge is 2.29. The van der Waals surface area contributed by atoms with Gasteiger partial charge in [0.05, 0.1) is 11.9 Å². The second-order valence-corrected chi connectivity index (χ2v) is 4.53. The van der Waals surface area contributed by atoms with Crippen molar-refractivity contribution in [2.45, 2.75) is 25.3 Å². The van der Waals surface area contributed by atoms with E-state index in [4.69, 9.17) is 5.11 Å². The normalized spacial score (nSPS) is 13.6. The summed E-state index contributed by atoms with van der Waals surface area (Å²) in [6, 6.07) is 0. The fourth-order valence-electron chi connectivity index (χ4n) is 1.17. The lowest BCUT2D eigenvalue weighted by Gasteiger charge is -2.14. The Hall–Kier alpha value is -1.23. The molecule has 11 heteroatoms. The van der Waals surface area contributed by atoms with Crippen LogP contribution >= 0.6 is 15.9 Å². The topological polar surface area (TPSA) is 67.2 Å². The van der Waals surface area contributed by atoms with Gasteiger partial charge in [0.25, 0.3) is 12.0 Å². The van der Waals surface area contributed by atoms with Gasteiger partial charge in [0.1, 0.15) is 17.1 Å². The van der Waals surface area contributed by atoms with Gasteiger partial charge in [0.15, 0.2) is 0 Å². The van der Waals surface area contributed by atoms with Crippen LogP contribution in [-0.2, 0) is 6.54 Å². The molecular formula is C9H9BrF5N3O2. The van der Waals surface area contributed by atoms with E-state index < -0.39 is 37.4 Å². The smallest absolute Gasteiger partial charge is 0.385 e. The number of alkyl halides is 5. The molecule has 0 saturated carbocycles. The van der Waals surface area contributed by atoms with Crippen molar-refractivity contribution in [2.24, 2.45) is 0 Å². The third-order valence-corrected chi connectivity index (χ3v) is 2.87. The first-order valence-electron chi connectivity index (χ1n) is 5.14. The lowest BCUT2D eigenvalue weighted by atomic mass is 10.3. The van der Waals surface area contributed by atoms with Gasteiger partial charge in [-0.05, 0) is 15.9 Å². The molecule has 5 nitrogen and oxygen atoms in total. The number of hydrogen-bond acceptors (Lipinski definition) is 4. The summed E-state index contributed by atoms with van der Waals surface area (Å²) in [4.78, 5) is 11.5. The first-order chi connectivity index (χ1) is 9.11. The van der Waals surface area contributed by atoms with Crippen molar-refractivity contribution in [2.75, 3.05) is 11.9 Å². The summed E-state index contributed by atoms with van der Waals surface area (Å²) >= 11 is 2.75. The molecule has 0 fully saturated rings. The highest BCUT2D eigenvalue weighted by molar-refractivity contribution is 9.10. The van der Waals surface area contributed by atoms with Crippen LogP contribution in [0.5, 0.6) is 0 Å². The number of aliphatic hydroxyl groups is 1. The summed E-state index contributed by atoms with van der Waals surface area (Å²) in [6.45, 7) is -2.15. The molecule has 0 aliphatic heterocycles. The molecule has 0 aromatic carbocycles. The van der Waals surface area contributed by atoms with Gasteiger partial charge < -0.3 is 10.4 Å². The van der Waals surface area contributed by atoms with Crippen molar-refractivity contribution in [3.05, 3.63) is 21.0 Å². The van der Waals surface area contributed by atoms with E-state index in [0.29, 0.717) is 0 Å². The predicted molar refractivity (Wildman–Crippen MR) is 62.8 cm³/mol. The Morgan fingerprint density at radius 2 is 2.05 bits per heavy atom. The first kappa shape index (κ1) is 16.8. The monoisotopic (exact) mass is 365 g/mol. The zero-order chi connectivity index (χ0) is 15.5. The van der Waals surface area contributed by atoms with E-state index in [1.807, 2.05) is 0 Å². The zero-order valence-corrected chi connectivity index (χ0v) is 11.2. The minimum Gasteiger partial charge on any atom is -0.385 e. The minimum absolute atomic E-state index is 0.0897. The number of nitrogens with zero attached hydrogens (tertiary/aromatic N) is 2. The SMILES string of the molecule is O=c1c(Br)c(NCC(O)C(F)F)cnn1CC(F)(F)F. The van der Waals surface area contributed by atoms with Gasteiger partial charge in [0.2, 0.25) is 0 Å². The first-order valence-corrected chi connectivity index (χ1v) is 5.93. The molecule has 1 unspecified atom stereocenters. The molecule has 0 aliphatic rings. The van der Waals surface area contributed by atoms with Crippen molar-refractivity contribution in [1.82, 2.24) is 9.78 Å². The molecule has 0 amide bonds. The molecule has 1 heterocycles. The third kappa shape index (κ3) is 4.71. The highest BCUT2D eigenvalue weighted by Crippen LogP contribution is 2.19. The van der Waals surface area contributed by atoms with E-state index in [1.165, 1.54) is 0 Å². The second kappa shape index (κ2) is 6.48. The molecule has 1 rings (SSSR count). The lowest BCUT2D eigenvalue weighted by Crippen LogP contribution is -2.32. The van der Waals surface area contributed by atoms with E-state index in [1.54, 1.807) is 0 Å². The van der Waals surface area contributed by atoms with Gasteiger partial charge in [-0.1, -0.05) is 0 Å². The molecule has 0 radical (unpaired) electrons. The Kier molecular flexibility index (Phi) is 5.45. The van der Waals surface area contributed by atoms with Crippen molar-refractivity contribution < 1.29 is 27.1 Å². The van der Waals surface area contributed by atoms with Crippen LogP contribution in [0.25, 0.3) is 0 Å². The van der Waals surface area contributed by atoms with Crippen LogP contribution in [0.1, 0.15) is 0 Å². The van der Waals surface area contributed by atoms with Gasteiger partial charge in [0, 0.05) is 6.54 Å². The maximum atomic E-state index is 12.1. The van der Waals surface area contributed by atoms with Crippen LogP contribution in [0.2, 0.25) is 0 Å².